The summed E-state index contributed by atoms with van der Waals surface area (Å²) in [5.74, 6) is -3.85. The maximum Gasteiger partial charge on any atom is 0.414 e. The molecule has 0 aliphatic carbocycles. The fourth-order valence-electron chi connectivity index (χ4n) is 2.87. The number of carboxylic acid groups (broad SMARTS) is 2. The molecular formula is C20H23FN2O5. The molecule has 28 heavy (non-hydrogen) atoms. The number of hydrogen-bond acceptors (Lipinski definition) is 5. The Morgan fingerprint density at radius 3 is 1.93 bits per heavy atom. The number of carbonyl (C=O) groups is 2. The third-order valence-corrected chi connectivity index (χ3v) is 4.36. The number of β-amino-alcohol motifs (C(OH)–C–C–N with tert-alkyl or cyclic N) is 1. The Bertz CT molecular complexity index is 750. The van der Waals surface area contributed by atoms with Gasteiger partial charge in [-0.05, 0) is 29.8 Å². The quantitative estimate of drug-likeness (QED) is 0.685. The van der Waals surface area contributed by atoms with E-state index in [-0.39, 0.29) is 5.82 Å². The smallest absolute Gasteiger partial charge is 0.414 e. The van der Waals surface area contributed by atoms with Gasteiger partial charge in [0.2, 0.25) is 0 Å². The van der Waals surface area contributed by atoms with Crippen molar-refractivity contribution in [1.82, 2.24) is 4.90 Å². The normalized spacial score (nSPS) is 15.3. The standard InChI is InChI=1S/C18H21FN2O.C2H2O4/c19-16-6-8-17(9-7-16)21-12-10-20(11-13-21)14-18(22)15-4-2-1-3-5-15;3-1(4)2(5)6/h1-9,18,22H,10-14H2;(H,3,4)(H,5,6). The van der Waals surface area contributed by atoms with E-state index in [1.807, 2.05) is 42.5 Å². The number of nitrogens with zero attached hydrogens (tertiary/aromatic N) is 2. The summed E-state index contributed by atoms with van der Waals surface area (Å²) in [6.45, 7) is 4.25. The Hall–Kier alpha value is -2.97. The van der Waals surface area contributed by atoms with Crippen LogP contribution in [-0.4, -0.2) is 64.9 Å². The second-order valence-electron chi connectivity index (χ2n) is 6.30. The van der Waals surface area contributed by atoms with Crippen LogP contribution in [0.1, 0.15) is 11.7 Å². The first kappa shape index (κ1) is 21.3. The number of piperazine rings is 1. The van der Waals surface area contributed by atoms with Gasteiger partial charge >= 0.3 is 11.9 Å². The molecule has 0 aromatic heterocycles. The molecule has 8 heteroatoms. The Morgan fingerprint density at radius 2 is 1.43 bits per heavy atom. The number of carboxylic acids is 2. The lowest BCUT2D eigenvalue weighted by atomic mass is 10.1. The van der Waals surface area contributed by atoms with Crippen molar-refractivity contribution in [3.63, 3.8) is 0 Å². The minimum absolute atomic E-state index is 0.201. The lowest BCUT2D eigenvalue weighted by molar-refractivity contribution is -0.159. The molecule has 7 nitrogen and oxygen atoms in total. The second-order valence-corrected chi connectivity index (χ2v) is 6.30. The molecule has 2 aromatic carbocycles. The van der Waals surface area contributed by atoms with E-state index in [2.05, 4.69) is 9.80 Å². The van der Waals surface area contributed by atoms with Crippen molar-refractivity contribution in [2.75, 3.05) is 37.6 Å². The molecule has 0 amide bonds. The summed E-state index contributed by atoms with van der Waals surface area (Å²) in [7, 11) is 0. The van der Waals surface area contributed by atoms with Crippen molar-refractivity contribution < 1.29 is 29.3 Å². The molecule has 2 aromatic rings. The van der Waals surface area contributed by atoms with E-state index in [0.717, 1.165) is 37.4 Å². The highest BCUT2D eigenvalue weighted by molar-refractivity contribution is 6.27. The number of anilines is 1. The Balaban J connectivity index is 0.000000409. The van der Waals surface area contributed by atoms with Crippen molar-refractivity contribution in [3.05, 3.63) is 66.0 Å². The van der Waals surface area contributed by atoms with Crippen molar-refractivity contribution in [1.29, 1.82) is 0 Å². The van der Waals surface area contributed by atoms with Crippen molar-refractivity contribution in [2.45, 2.75) is 6.10 Å². The minimum atomic E-state index is -1.82. The maximum absolute atomic E-state index is 13.0. The highest BCUT2D eigenvalue weighted by Crippen LogP contribution is 2.19. The number of benzene rings is 2. The molecule has 1 saturated heterocycles. The van der Waals surface area contributed by atoms with Gasteiger partial charge in [0.1, 0.15) is 5.82 Å². The zero-order chi connectivity index (χ0) is 20.5. The maximum atomic E-state index is 13.0. The van der Waals surface area contributed by atoms with E-state index < -0.39 is 18.0 Å². The fourth-order valence-corrected chi connectivity index (χ4v) is 2.87. The van der Waals surface area contributed by atoms with Crippen molar-refractivity contribution in [3.8, 4) is 0 Å². The number of halogens is 1. The predicted molar refractivity (Wildman–Crippen MR) is 102 cm³/mol. The van der Waals surface area contributed by atoms with Gasteiger partial charge in [-0.25, -0.2) is 14.0 Å². The van der Waals surface area contributed by atoms with Gasteiger partial charge in [0.05, 0.1) is 6.10 Å². The van der Waals surface area contributed by atoms with Gasteiger partial charge < -0.3 is 20.2 Å². The minimum Gasteiger partial charge on any atom is -0.473 e. The summed E-state index contributed by atoms with van der Waals surface area (Å²) in [5.41, 5.74) is 2.02. The Kier molecular flexibility index (Phi) is 7.91. The van der Waals surface area contributed by atoms with Gasteiger partial charge in [-0.2, -0.15) is 0 Å². The fraction of sp³-hybridized carbons (Fsp3) is 0.300. The average molecular weight is 390 g/mol. The SMILES string of the molecule is O=C(O)C(=O)O.OC(CN1CCN(c2ccc(F)cc2)CC1)c1ccccc1. The monoisotopic (exact) mass is 390 g/mol. The van der Waals surface area contributed by atoms with Gasteiger partial charge in [-0.15, -0.1) is 0 Å². The van der Waals surface area contributed by atoms with Crippen LogP contribution in [0.25, 0.3) is 0 Å². The summed E-state index contributed by atoms with van der Waals surface area (Å²) in [5, 5.41) is 25.1. The largest absolute Gasteiger partial charge is 0.473 e. The molecule has 1 fully saturated rings. The lowest BCUT2D eigenvalue weighted by Gasteiger charge is -2.37. The van der Waals surface area contributed by atoms with Crippen LogP contribution in [0, 0.1) is 5.82 Å². The zero-order valence-electron chi connectivity index (χ0n) is 15.2. The van der Waals surface area contributed by atoms with Crippen LogP contribution in [0.4, 0.5) is 10.1 Å². The molecular weight excluding hydrogens is 367 g/mol. The molecule has 3 rings (SSSR count). The predicted octanol–water partition coefficient (Wildman–Crippen LogP) is 1.84. The zero-order valence-corrected chi connectivity index (χ0v) is 15.2. The van der Waals surface area contributed by atoms with Gasteiger partial charge in [-0.1, -0.05) is 30.3 Å². The van der Waals surface area contributed by atoms with Crippen LogP contribution < -0.4 is 4.90 Å². The van der Waals surface area contributed by atoms with Crippen LogP contribution in [0.3, 0.4) is 0 Å². The van der Waals surface area contributed by atoms with Gasteiger partial charge in [0.25, 0.3) is 0 Å². The van der Waals surface area contributed by atoms with Crippen LogP contribution in [0.5, 0.6) is 0 Å². The van der Waals surface area contributed by atoms with Gasteiger partial charge in [-0.3, -0.25) is 4.90 Å². The number of hydrogen-bond donors (Lipinski definition) is 3. The molecule has 0 bridgehead atoms. The van der Waals surface area contributed by atoms with E-state index in [0.29, 0.717) is 6.54 Å². The summed E-state index contributed by atoms with van der Waals surface area (Å²) in [6.07, 6.45) is -0.446. The van der Waals surface area contributed by atoms with Crippen molar-refractivity contribution in [2.24, 2.45) is 0 Å². The third kappa shape index (κ3) is 6.64. The molecule has 1 heterocycles. The highest BCUT2D eigenvalue weighted by atomic mass is 19.1. The van der Waals surface area contributed by atoms with E-state index in [4.69, 9.17) is 19.8 Å². The molecule has 0 spiro atoms. The van der Waals surface area contributed by atoms with E-state index in [1.165, 1.54) is 12.1 Å². The van der Waals surface area contributed by atoms with Crippen molar-refractivity contribution >= 4 is 17.6 Å². The van der Waals surface area contributed by atoms with Crippen LogP contribution >= 0.6 is 0 Å². The topological polar surface area (TPSA) is 101 Å². The molecule has 1 aliphatic rings. The first-order chi connectivity index (χ1) is 13.4. The van der Waals surface area contributed by atoms with Gasteiger partial charge in [0, 0.05) is 38.4 Å². The van der Waals surface area contributed by atoms with Gasteiger partial charge in [0.15, 0.2) is 0 Å². The molecule has 1 atom stereocenters. The number of aliphatic hydroxyl groups is 1. The summed E-state index contributed by atoms with van der Waals surface area (Å²) in [4.78, 5) is 22.7. The molecule has 0 radical (unpaired) electrons. The highest BCUT2D eigenvalue weighted by Gasteiger charge is 2.20. The van der Waals surface area contributed by atoms with E-state index in [1.54, 1.807) is 0 Å². The number of aliphatic hydroxyl groups excluding tert-OH is 1. The second kappa shape index (κ2) is 10.4. The van der Waals surface area contributed by atoms with E-state index >= 15 is 0 Å². The summed E-state index contributed by atoms with van der Waals surface area (Å²) < 4.78 is 13.0. The Labute approximate surface area is 162 Å². The Morgan fingerprint density at radius 1 is 0.893 bits per heavy atom. The molecule has 1 aliphatic heterocycles. The first-order valence-corrected chi connectivity index (χ1v) is 8.79. The number of rotatable bonds is 4. The molecule has 3 N–H and O–H groups in total. The number of aliphatic carboxylic acids is 2. The summed E-state index contributed by atoms with van der Waals surface area (Å²) >= 11 is 0. The van der Waals surface area contributed by atoms with Crippen LogP contribution in [0.15, 0.2) is 54.6 Å². The molecule has 0 saturated carbocycles. The first-order valence-electron chi connectivity index (χ1n) is 8.79. The average Bonchev–Trinajstić information content (AvgIpc) is 2.70. The lowest BCUT2D eigenvalue weighted by Crippen LogP contribution is -2.47. The summed E-state index contributed by atoms with van der Waals surface area (Å²) in [6, 6.07) is 16.4. The molecule has 150 valence electrons. The van der Waals surface area contributed by atoms with Crippen LogP contribution in [0.2, 0.25) is 0 Å². The van der Waals surface area contributed by atoms with E-state index in [9.17, 15) is 9.50 Å². The third-order valence-electron chi connectivity index (χ3n) is 4.36. The molecule has 1 unspecified atom stereocenters. The van der Waals surface area contributed by atoms with Crippen LogP contribution in [-0.2, 0) is 9.59 Å².